The van der Waals surface area contributed by atoms with Crippen LogP contribution in [0.2, 0.25) is 0 Å². The predicted molar refractivity (Wildman–Crippen MR) is 48.2 cm³/mol. The second kappa shape index (κ2) is 2.91. The second-order valence-electron chi connectivity index (χ2n) is 4.65. The first-order valence-corrected chi connectivity index (χ1v) is 5.10. The van der Waals surface area contributed by atoms with Crippen molar-refractivity contribution in [3.63, 3.8) is 0 Å². The summed E-state index contributed by atoms with van der Waals surface area (Å²) < 4.78 is 27.0. The molecule has 0 radical (unpaired) electrons. The van der Waals surface area contributed by atoms with Crippen molar-refractivity contribution in [1.82, 2.24) is 4.90 Å². The SMILES string of the molecule is CC(C)[C@]12C[C@@H](F)CN1CC[C@@H]2F. The molecule has 0 amide bonds. The maximum absolute atomic E-state index is 13.7. The molecule has 2 fully saturated rings. The highest BCUT2D eigenvalue weighted by atomic mass is 19.1. The summed E-state index contributed by atoms with van der Waals surface area (Å²) >= 11 is 0. The number of nitrogens with zero attached hydrogens (tertiary/aromatic N) is 1. The standard InChI is InChI=1S/C10H17F2N/c1-7(2)10-5-8(11)6-13(10)4-3-9(10)12/h7-9H,3-6H2,1-2H3/t8-,9+,10+/m1/s1. The van der Waals surface area contributed by atoms with Crippen molar-refractivity contribution >= 4 is 0 Å². The van der Waals surface area contributed by atoms with Crippen LogP contribution in [0.4, 0.5) is 8.78 Å². The van der Waals surface area contributed by atoms with Crippen LogP contribution in [0, 0.1) is 5.92 Å². The maximum atomic E-state index is 13.7. The molecule has 2 rings (SSSR count). The first-order chi connectivity index (χ1) is 6.07. The summed E-state index contributed by atoms with van der Waals surface area (Å²) in [5.41, 5.74) is -0.473. The smallest absolute Gasteiger partial charge is 0.120 e. The van der Waals surface area contributed by atoms with E-state index in [-0.39, 0.29) is 5.92 Å². The molecule has 2 saturated heterocycles. The van der Waals surface area contributed by atoms with Gasteiger partial charge in [0.2, 0.25) is 0 Å². The van der Waals surface area contributed by atoms with Crippen LogP contribution in [-0.2, 0) is 0 Å². The van der Waals surface area contributed by atoms with Crippen molar-refractivity contribution in [3.05, 3.63) is 0 Å². The van der Waals surface area contributed by atoms with Gasteiger partial charge in [-0.1, -0.05) is 13.8 Å². The minimum absolute atomic E-state index is 0.214. The summed E-state index contributed by atoms with van der Waals surface area (Å²) in [5, 5.41) is 0. The van der Waals surface area contributed by atoms with Gasteiger partial charge >= 0.3 is 0 Å². The molecule has 13 heavy (non-hydrogen) atoms. The zero-order chi connectivity index (χ0) is 9.64. The maximum Gasteiger partial charge on any atom is 0.120 e. The highest BCUT2D eigenvalue weighted by molar-refractivity contribution is 5.10. The molecule has 0 aromatic rings. The predicted octanol–water partition coefficient (Wildman–Crippen LogP) is 2.17. The largest absolute Gasteiger partial charge is 0.291 e. The lowest BCUT2D eigenvalue weighted by Crippen LogP contribution is -2.48. The molecule has 0 aliphatic carbocycles. The quantitative estimate of drug-likeness (QED) is 0.611. The van der Waals surface area contributed by atoms with Crippen LogP contribution in [0.1, 0.15) is 26.7 Å². The van der Waals surface area contributed by atoms with Crippen molar-refractivity contribution in [2.24, 2.45) is 5.92 Å². The van der Waals surface area contributed by atoms with Crippen LogP contribution in [0.25, 0.3) is 0 Å². The molecule has 76 valence electrons. The highest BCUT2D eigenvalue weighted by Gasteiger charge is 2.56. The van der Waals surface area contributed by atoms with E-state index in [2.05, 4.69) is 0 Å². The average Bonchev–Trinajstić information content (AvgIpc) is 2.50. The Morgan fingerprint density at radius 2 is 2.08 bits per heavy atom. The molecule has 0 unspecified atom stereocenters. The minimum Gasteiger partial charge on any atom is -0.291 e. The summed E-state index contributed by atoms with van der Waals surface area (Å²) in [6.07, 6.45) is -0.661. The lowest BCUT2D eigenvalue weighted by molar-refractivity contribution is 0.0687. The molecule has 2 heterocycles. The van der Waals surface area contributed by atoms with E-state index in [0.29, 0.717) is 19.4 Å². The molecule has 0 aromatic carbocycles. The van der Waals surface area contributed by atoms with Gasteiger partial charge in [0.1, 0.15) is 12.3 Å². The van der Waals surface area contributed by atoms with Crippen molar-refractivity contribution in [3.8, 4) is 0 Å². The number of fused-ring (bicyclic) bond motifs is 1. The minimum atomic E-state index is -0.826. The van der Waals surface area contributed by atoms with E-state index >= 15 is 0 Å². The molecular weight excluding hydrogens is 172 g/mol. The molecule has 2 aliphatic heterocycles. The number of hydrogen-bond acceptors (Lipinski definition) is 1. The Hall–Kier alpha value is -0.180. The molecule has 3 atom stereocenters. The monoisotopic (exact) mass is 189 g/mol. The zero-order valence-corrected chi connectivity index (χ0v) is 8.26. The summed E-state index contributed by atoms with van der Waals surface area (Å²) in [7, 11) is 0. The fraction of sp³-hybridized carbons (Fsp3) is 1.00. The van der Waals surface area contributed by atoms with Gasteiger partial charge in [0, 0.05) is 19.5 Å². The summed E-state index contributed by atoms with van der Waals surface area (Å²) in [6.45, 7) is 5.18. The molecule has 0 saturated carbocycles. The molecular formula is C10H17F2N. The average molecular weight is 189 g/mol. The van der Waals surface area contributed by atoms with E-state index in [1.807, 2.05) is 18.7 Å². The van der Waals surface area contributed by atoms with Crippen molar-refractivity contribution in [2.45, 2.75) is 44.6 Å². The Kier molecular flexibility index (Phi) is 2.10. The van der Waals surface area contributed by atoms with Gasteiger partial charge in [0.05, 0.1) is 5.54 Å². The first-order valence-electron chi connectivity index (χ1n) is 5.10. The second-order valence-corrected chi connectivity index (χ2v) is 4.65. The van der Waals surface area contributed by atoms with Crippen LogP contribution in [0.15, 0.2) is 0 Å². The van der Waals surface area contributed by atoms with E-state index in [1.165, 1.54) is 0 Å². The lowest BCUT2D eigenvalue weighted by atomic mass is 9.81. The van der Waals surface area contributed by atoms with Gasteiger partial charge in [-0.25, -0.2) is 8.78 Å². The van der Waals surface area contributed by atoms with Crippen LogP contribution >= 0.6 is 0 Å². The Labute approximate surface area is 78.1 Å². The number of halogens is 2. The lowest BCUT2D eigenvalue weighted by Gasteiger charge is -2.37. The molecule has 0 aromatic heterocycles. The van der Waals surface area contributed by atoms with E-state index in [0.717, 1.165) is 6.54 Å². The van der Waals surface area contributed by atoms with E-state index < -0.39 is 17.9 Å². The summed E-state index contributed by atoms with van der Waals surface area (Å²) in [5.74, 6) is 0.214. The summed E-state index contributed by atoms with van der Waals surface area (Å²) in [6, 6.07) is 0. The van der Waals surface area contributed by atoms with Crippen LogP contribution < -0.4 is 0 Å². The first kappa shape index (κ1) is 9.38. The van der Waals surface area contributed by atoms with Gasteiger partial charge in [-0.2, -0.15) is 0 Å². The van der Waals surface area contributed by atoms with E-state index in [4.69, 9.17) is 0 Å². The van der Waals surface area contributed by atoms with Gasteiger partial charge in [-0.15, -0.1) is 0 Å². The normalized spacial score (nSPS) is 45.9. The number of alkyl halides is 2. The molecule has 1 nitrogen and oxygen atoms in total. The third kappa shape index (κ3) is 1.13. The van der Waals surface area contributed by atoms with E-state index in [9.17, 15) is 8.78 Å². The van der Waals surface area contributed by atoms with Gasteiger partial charge < -0.3 is 0 Å². The van der Waals surface area contributed by atoms with Gasteiger partial charge in [-0.3, -0.25) is 4.90 Å². The van der Waals surface area contributed by atoms with Crippen molar-refractivity contribution < 1.29 is 8.78 Å². The van der Waals surface area contributed by atoms with Crippen molar-refractivity contribution in [1.29, 1.82) is 0 Å². The molecule has 0 N–H and O–H groups in total. The third-order valence-electron chi connectivity index (χ3n) is 3.75. The van der Waals surface area contributed by atoms with Gasteiger partial charge in [0.15, 0.2) is 0 Å². The van der Waals surface area contributed by atoms with Crippen LogP contribution in [-0.4, -0.2) is 35.9 Å². The van der Waals surface area contributed by atoms with Crippen molar-refractivity contribution in [2.75, 3.05) is 13.1 Å². The molecule has 2 aliphatic rings. The molecule has 3 heteroatoms. The Morgan fingerprint density at radius 3 is 2.62 bits per heavy atom. The Balaban J connectivity index is 2.28. The molecule has 0 bridgehead atoms. The topological polar surface area (TPSA) is 3.24 Å². The third-order valence-corrected chi connectivity index (χ3v) is 3.75. The fourth-order valence-electron chi connectivity index (χ4n) is 3.06. The van der Waals surface area contributed by atoms with Crippen LogP contribution in [0.3, 0.4) is 0 Å². The van der Waals surface area contributed by atoms with E-state index in [1.54, 1.807) is 0 Å². The van der Waals surface area contributed by atoms with Gasteiger partial charge in [-0.05, 0) is 12.3 Å². The highest BCUT2D eigenvalue weighted by Crippen LogP contribution is 2.46. The Morgan fingerprint density at radius 1 is 1.38 bits per heavy atom. The summed E-state index contributed by atoms with van der Waals surface area (Å²) in [4.78, 5) is 2.02. The fourth-order valence-corrected chi connectivity index (χ4v) is 3.06. The molecule has 0 spiro atoms. The number of hydrogen-bond donors (Lipinski definition) is 0. The zero-order valence-electron chi connectivity index (χ0n) is 8.26. The number of rotatable bonds is 1. The van der Waals surface area contributed by atoms with Crippen LogP contribution in [0.5, 0.6) is 0 Å². The Bertz CT molecular complexity index is 207. The van der Waals surface area contributed by atoms with Gasteiger partial charge in [0.25, 0.3) is 0 Å².